The molecule has 0 radical (unpaired) electrons. The number of hydrogen-bond acceptors (Lipinski definition) is 4. The fraction of sp³-hybridized carbons (Fsp3) is 0.357. The van der Waals surface area contributed by atoms with Crippen LogP contribution >= 0.6 is 0 Å². The lowest BCUT2D eigenvalue weighted by Crippen LogP contribution is -2.28. The molecular formula is C14H14O5. The largest absolute Gasteiger partial charge is 0.481 e. The molecule has 0 bridgehead atoms. The number of carbonyl (C=O) groups is 3. The van der Waals surface area contributed by atoms with E-state index in [1.54, 1.807) is 37.3 Å². The van der Waals surface area contributed by atoms with Crippen LogP contribution in [0.2, 0.25) is 0 Å². The first kappa shape index (κ1) is 13.3. The molecular weight excluding hydrogens is 248 g/mol. The molecule has 100 valence electrons. The van der Waals surface area contributed by atoms with Gasteiger partial charge in [-0.1, -0.05) is 30.3 Å². The van der Waals surface area contributed by atoms with Gasteiger partial charge in [0.25, 0.3) is 0 Å². The summed E-state index contributed by atoms with van der Waals surface area (Å²) in [6, 6.07) is 8.60. The lowest BCUT2D eigenvalue weighted by atomic mass is 9.85. The third-order valence-electron chi connectivity index (χ3n) is 3.37. The molecule has 1 saturated heterocycles. The molecule has 0 saturated carbocycles. The summed E-state index contributed by atoms with van der Waals surface area (Å²) in [6.07, 6.45) is -0.560. The van der Waals surface area contributed by atoms with Gasteiger partial charge in [0, 0.05) is 17.9 Å². The van der Waals surface area contributed by atoms with E-state index in [9.17, 15) is 14.4 Å². The first-order valence-electron chi connectivity index (χ1n) is 6.02. The molecule has 1 aromatic rings. The summed E-state index contributed by atoms with van der Waals surface area (Å²) in [5.74, 6) is -4.03. The molecule has 0 spiro atoms. The molecule has 2 rings (SSSR count). The predicted octanol–water partition coefficient (Wildman–Crippen LogP) is 1.52. The van der Waals surface area contributed by atoms with Crippen molar-refractivity contribution in [3.63, 3.8) is 0 Å². The van der Waals surface area contributed by atoms with E-state index in [2.05, 4.69) is 0 Å². The highest BCUT2D eigenvalue weighted by Gasteiger charge is 2.47. The molecule has 0 aromatic heterocycles. The number of aliphatic carboxylic acids is 1. The molecule has 1 aromatic carbocycles. The van der Waals surface area contributed by atoms with Crippen LogP contribution in [0.25, 0.3) is 0 Å². The normalized spacial score (nSPS) is 25.9. The Kier molecular flexibility index (Phi) is 3.64. The molecule has 1 aliphatic heterocycles. The van der Waals surface area contributed by atoms with E-state index in [0.29, 0.717) is 5.56 Å². The summed E-state index contributed by atoms with van der Waals surface area (Å²) < 4.78 is 4.91. The summed E-state index contributed by atoms with van der Waals surface area (Å²) >= 11 is 0. The second-order valence-corrected chi connectivity index (χ2v) is 4.62. The SMILES string of the molecule is CC1OC(=O)C(C(=O)O)C1CC(=O)c1ccccc1. The average molecular weight is 262 g/mol. The number of esters is 1. The van der Waals surface area contributed by atoms with Crippen LogP contribution < -0.4 is 0 Å². The van der Waals surface area contributed by atoms with Crippen molar-refractivity contribution in [2.75, 3.05) is 0 Å². The monoisotopic (exact) mass is 262 g/mol. The third kappa shape index (κ3) is 2.65. The number of carboxylic acid groups (broad SMARTS) is 1. The number of ketones is 1. The Morgan fingerprint density at radius 2 is 1.89 bits per heavy atom. The number of carbonyl (C=O) groups excluding carboxylic acids is 2. The van der Waals surface area contributed by atoms with Crippen LogP contribution in [0, 0.1) is 11.8 Å². The quantitative estimate of drug-likeness (QED) is 0.505. The van der Waals surface area contributed by atoms with Gasteiger partial charge in [0.1, 0.15) is 6.10 Å². The van der Waals surface area contributed by atoms with Gasteiger partial charge in [0.2, 0.25) is 0 Å². The van der Waals surface area contributed by atoms with Crippen LogP contribution in [0.1, 0.15) is 23.7 Å². The maximum Gasteiger partial charge on any atom is 0.321 e. The van der Waals surface area contributed by atoms with Gasteiger partial charge < -0.3 is 9.84 Å². The minimum absolute atomic E-state index is 0.00606. The van der Waals surface area contributed by atoms with E-state index >= 15 is 0 Å². The maximum absolute atomic E-state index is 12.1. The lowest BCUT2D eigenvalue weighted by molar-refractivity contribution is -0.153. The van der Waals surface area contributed by atoms with Crippen LogP contribution in [0.5, 0.6) is 0 Å². The molecule has 5 heteroatoms. The van der Waals surface area contributed by atoms with Crippen molar-refractivity contribution in [1.29, 1.82) is 0 Å². The lowest BCUT2D eigenvalue weighted by Gasteiger charge is -2.14. The van der Waals surface area contributed by atoms with E-state index in [4.69, 9.17) is 9.84 Å². The molecule has 1 N–H and O–H groups in total. The average Bonchev–Trinajstić information content (AvgIpc) is 2.65. The topological polar surface area (TPSA) is 80.7 Å². The number of cyclic esters (lactones) is 1. The maximum atomic E-state index is 12.1. The molecule has 1 fully saturated rings. The number of hydrogen-bond donors (Lipinski definition) is 1. The Balaban J connectivity index is 2.15. The van der Waals surface area contributed by atoms with Crippen LogP contribution in [0.3, 0.4) is 0 Å². The minimum atomic E-state index is -1.25. The van der Waals surface area contributed by atoms with Crippen LogP contribution in [0.4, 0.5) is 0 Å². The summed E-state index contributed by atoms with van der Waals surface area (Å²) in [4.78, 5) is 34.6. The Morgan fingerprint density at radius 1 is 1.26 bits per heavy atom. The highest BCUT2D eigenvalue weighted by Crippen LogP contribution is 2.32. The van der Waals surface area contributed by atoms with E-state index in [1.807, 2.05) is 0 Å². The van der Waals surface area contributed by atoms with Gasteiger partial charge in [-0.05, 0) is 6.92 Å². The van der Waals surface area contributed by atoms with Crippen molar-refractivity contribution < 1.29 is 24.2 Å². The minimum Gasteiger partial charge on any atom is -0.481 e. The summed E-state index contributed by atoms with van der Waals surface area (Å²) in [6.45, 7) is 1.61. The van der Waals surface area contributed by atoms with Gasteiger partial charge in [0.05, 0.1) is 0 Å². The second kappa shape index (κ2) is 5.22. The zero-order valence-corrected chi connectivity index (χ0v) is 10.4. The number of Topliss-reactive ketones (excluding diaryl/α,β-unsaturated/α-hetero) is 1. The highest BCUT2D eigenvalue weighted by molar-refractivity contribution is 5.99. The van der Waals surface area contributed by atoms with Gasteiger partial charge in [0.15, 0.2) is 11.7 Å². The molecule has 0 amide bonds. The molecule has 5 nitrogen and oxygen atoms in total. The Labute approximate surface area is 110 Å². The third-order valence-corrected chi connectivity index (χ3v) is 3.37. The van der Waals surface area contributed by atoms with E-state index < -0.39 is 29.9 Å². The van der Waals surface area contributed by atoms with E-state index in [-0.39, 0.29) is 12.2 Å². The molecule has 19 heavy (non-hydrogen) atoms. The summed E-state index contributed by atoms with van der Waals surface area (Å²) in [5.41, 5.74) is 0.512. The summed E-state index contributed by atoms with van der Waals surface area (Å²) in [7, 11) is 0. The zero-order valence-electron chi connectivity index (χ0n) is 10.4. The van der Waals surface area contributed by atoms with Crippen molar-refractivity contribution in [1.82, 2.24) is 0 Å². The van der Waals surface area contributed by atoms with Crippen molar-refractivity contribution >= 4 is 17.7 Å². The molecule has 0 aliphatic carbocycles. The van der Waals surface area contributed by atoms with E-state index in [0.717, 1.165) is 0 Å². The zero-order chi connectivity index (χ0) is 14.0. The fourth-order valence-electron chi connectivity index (χ4n) is 2.31. The molecule has 1 aliphatic rings. The van der Waals surface area contributed by atoms with Crippen molar-refractivity contribution in [2.45, 2.75) is 19.4 Å². The highest BCUT2D eigenvalue weighted by atomic mass is 16.6. The van der Waals surface area contributed by atoms with Gasteiger partial charge in [-0.25, -0.2) is 0 Å². The standard InChI is InChI=1S/C14H14O5/c1-8-10(12(13(16)17)14(18)19-8)7-11(15)9-5-3-2-4-6-9/h2-6,8,10,12H,7H2,1H3,(H,16,17). The number of ether oxygens (including phenoxy) is 1. The first-order valence-corrected chi connectivity index (χ1v) is 6.02. The molecule has 3 atom stereocenters. The van der Waals surface area contributed by atoms with Crippen LogP contribution in [-0.4, -0.2) is 28.9 Å². The Hall–Kier alpha value is -2.17. The van der Waals surface area contributed by atoms with E-state index in [1.165, 1.54) is 0 Å². The second-order valence-electron chi connectivity index (χ2n) is 4.62. The van der Waals surface area contributed by atoms with Gasteiger partial charge in [-0.2, -0.15) is 0 Å². The summed E-state index contributed by atoms with van der Waals surface area (Å²) in [5, 5.41) is 9.04. The number of carboxylic acids is 1. The smallest absolute Gasteiger partial charge is 0.321 e. The van der Waals surface area contributed by atoms with Crippen molar-refractivity contribution in [3.8, 4) is 0 Å². The Morgan fingerprint density at radius 3 is 2.47 bits per heavy atom. The Bertz CT molecular complexity index is 508. The molecule has 3 unspecified atom stereocenters. The van der Waals surface area contributed by atoms with Gasteiger partial charge in [-0.3, -0.25) is 14.4 Å². The fourth-order valence-corrected chi connectivity index (χ4v) is 2.31. The number of benzene rings is 1. The van der Waals surface area contributed by atoms with Crippen molar-refractivity contribution in [3.05, 3.63) is 35.9 Å². The van der Waals surface area contributed by atoms with Crippen molar-refractivity contribution in [2.24, 2.45) is 11.8 Å². The first-order chi connectivity index (χ1) is 9.00. The van der Waals surface area contributed by atoms with Crippen LogP contribution in [0.15, 0.2) is 30.3 Å². The van der Waals surface area contributed by atoms with Crippen LogP contribution in [-0.2, 0) is 14.3 Å². The molecule has 1 heterocycles. The predicted molar refractivity (Wildman–Crippen MR) is 65.6 cm³/mol. The van der Waals surface area contributed by atoms with Gasteiger partial charge >= 0.3 is 11.9 Å². The van der Waals surface area contributed by atoms with Gasteiger partial charge in [-0.15, -0.1) is 0 Å². The number of rotatable bonds is 4.